The van der Waals surface area contributed by atoms with Crippen molar-refractivity contribution in [3.8, 4) is 17.0 Å². The number of aliphatic imine (C=N–C) groups is 1. The van der Waals surface area contributed by atoms with Gasteiger partial charge < -0.3 is 14.0 Å². The van der Waals surface area contributed by atoms with Crippen molar-refractivity contribution in [1.82, 2.24) is 4.57 Å². The molecule has 31 heavy (non-hydrogen) atoms. The van der Waals surface area contributed by atoms with E-state index in [2.05, 4.69) is 16.3 Å². The first-order valence-electron chi connectivity index (χ1n) is 9.48. The molecule has 0 aliphatic rings. The highest BCUT2D eigenvalue weighted by atomic mass is 19.1. The number of benzene rings is 2. The first-order chi connectivity index (χ1) is 14.9. The van der Waals surface area contributed by atoms with Crippen molar-refractivity contribution in [3.05, 3.63) is 78.5 Å². The third-order valence-electron chi connectivity index (χ3n) is 4.69. The minimum absolute atomic E-state index is 0.0628. The minimum Gasteiger partial charge on any atom is -0.497 e. The maximum Gasteiger partial charge on any atom is 0.356 e. The molecule has 160 valence electrons. The van der Waals surface area contributed by atoms with Crippen LogP contribution in [-0.4, -0.2) is 30.5 Å². The molecule has 0 spiro atoms. The van der Waals surface area contributed by atoms with Gasteiger partial charge in [0, 0.05) is 16.5 Å². The molecule has 0 fully saturated rings. The second-order valence-electron chi connectivity index (χ2n) is 6.71. The van der Waals surface area contributed by atoms with E-state index in [0.717, 1.165) is 29.1 Å². The predicted molar refractivity (Wildman–Crippen MR) is 117 cm³/mol. The fourth-order valence-corrected chi connectivity index (χ4v) is 3.28. The average molecular weight is 424 g/mol. The van der Waals surface area contributed by atoms with E-state index in [4.69, 9.17) is 4.74 Å². The summed E-state index contributed by atoms with van der Waals surface area (Å²) in [6.07, 6.45) is 3.48. The molecule has 3 aromatic rings. The minimum atomic E-state index is -0.652. The van der Waals surface area contributed by atoms with Gasteiger partial charge in [-0.25, -0.2) is 18.6 Å². The zero-order valence-electron chi connectivity index (χ0n) is 17.5. The smallest absolute Gasteiger partial charge is 0.356 e. The molecule has 5 nitrogen and oxygen atoms in total. The van der Waals surface area contributed by atoms with Crippen LogP contribution in [0.4, 0.5) is 8.78 Å². The van der Waals surface area contributed by atoms with Crippen LogP contribution in [0.25, 0.3) is 22.2 Å². The van der Waals surface area contributed by atoms with Gasteiger partial charge in [0.2, 0.25) is 0 Å². The zero-order chi connectivity index (χ0) is 22.5. The van der Waals surface area contributed by atoms with Gasteiger partial charge in [0.1, 0.15) is 23.1 Å². The van der Waals surface area contributed by atoms with Gasteiger partial charge in [-0.15, -0.1) is 0 Å². The standard InChI is InChI=1S/C24H22F2N2O3/c1-5-6-18(27-15(2)24(29)31-4)14-28-22-10-8-19(30-3)11-16(22)12-23(28)20-13-17(25)7-9-21(20)26/h5-13H,2,14H2,1,3-4H3/b6-5-,27-18+. The highest BCUT2D eigenvalue weighted by Gasteiger charge is 2.17. The van der Waals surface area contributed by atoms with Crippen molar-refractivity contribution in [3.63, 3.8) is 0 Å². The average Bonchev–Trinajstić information content (AvgIpc) is 3.12. The Morgan fingerprint density at radius 1 is 1.16 bits per heavy atom. The van der Waals surface area contributed by atoms with E-state index in [1.165, 1.54) is 7.11 Å². The Balaban J connectivity index is 2.21. The van der Waals surface area contributed by atoms with Gasteiger partial charge in [-0.3, -0.25) is 0 Å². The third kappa shape index (κ3) is 4.71. The molecule has 7 heteroatoms. The molecule has 0 radical (unpaired) electrons. The van der Waals surface area contributed by atoms with Gasteiger partial charge >= 0.3 is 5.97 Å². The van der Waals surface area contributed by atoms with Crippen molar-refractivity contribution < 1.29 is 23.0 Å². The maximum atomic E-state index is 14.6. The summed E-state index contributed by atoms with van der Waals surface area (Å²) in [4.78, 5) is 16.0. The fraction of sp³-hybridized carbons (Fsp3) is 0.167. The third-order valence-corrected chi connectivity index (χ3v) is 4.69. The molecule has 3 rings (SSSR count). The van der Waals surface area contributed by atoms with Gasteiger partial charge in [0.25, 0.3) is 0 Å². The molecular formula is C24H22F2N2O3. The number of hydrogen-bond donors (Lipinski definition) is 0. The lowest BCUT2D eigenvalue weighted by molar-refractivity contribution is -0.136. The van der Waals surface area contributed by atoms with E-state index < -0.39 is 17.6 Å². The summed E-state index contributed by atoms with van der Waals surface area (Å²) >= 11 is 0. The Bertz CT molecular complexity index is 1210. The van der Waals surface area contributed by atoms with E-state index in [1.807, 2.05) is 19.1 Å². The monoisotopic (exact) mass is 424 g/mol. The highest BCUT2D eigenvalue weighted by Crippen LogP contribution is 2.32. The molecule has 0 aliphatic heterocycles. The number of halogens is 2. The van der Waals surface area contributed by atoms with Crippen LogP contribution in [0.2, 0.25) is 0 Å². The van der Waals surface area contributed by atoms with Crippen LogP contribution in [0.3, 0.4) is 0 Å². The van der Waals surface area contributed by atoms with Crippen LogP contribution in [0, 0.1) is 11.6 Å². The summed E-state index contributed by atoms with van der Waals surface area (Å²) in [5.41, 5.74) is 1.76. The molecular weight excluding hydrogens is 402 g/mol. The SMILES string of the molecule is C=C(/N=C(\C=C/C)Cn1c(-c2cc(F)ccc2F)cc2cc(OC)ccc21)C(=O)OC. The van der Waals surface area contributed by atoms with Gasteiger partial charge in [-0.1, -0.05) is 12.7 Å². The van der Waals surface area contributed by atoms with Crippen molar-refractivity contribution in [2.75, 3.05) is 14.2 Å². The van der Waals surface area contributed by atoms with Crippen LogP contribution in [0.5, 0.6) is 5.75 Å². The largest absolute Gasteiger partial charge is 0.497 e. The Kier molecular flexibility index (Phi) is 6.65. The number of rotatable bonds is 7. The Morgan fingerprint density at radius 3 is 2.61 bits per heavy atom. The number of fused-ring (bicyclic) bond motifs is 1. The summed E-state index contributed by atoms with van der Waals surface area (Å²) in [7, 11) is 2.80. The second kappa shape index (κ2) is 9.38. The van der Waals surface area contributed by atoms with Crippen molar-refractivity contribution in [2.45, 2.75) is 13.5 Å². The normalized spacial score (nSPS) is 11.8. The number of hydrogen-bond acceptors (Lipinski definition) is 4. The highest BCUT2D eigenvalue weighted by molar-refractivity contribution is 6.01. The molecule has 0 amide bonds. The van der Waals surface area contributed by atoms with E-state index in [9.17, 15) is 13.6 Å². The van der Waals surface area contributed by atoms with E-state index in [1.54, 1.807) is 36.0 Å². The van der Waals surface area contributed by atoms with E-state index in [0.29, 0.717) is 17.2 Å². The molecule has 0 bridgehead atoms. The topological polar surface area (TPSA) is 52.8 Å². The number of carbonyl (C=O) groups excluding carboxylic acids is 1. The summed E-state index contributed by atoms with van der Waals surface area (Å²) in [5.74, 6) is -1.12. The lowest BCUT2D eigenvalue weighted by Crippen LogP contribution is -2.12. The Morgan fingerprint density at radius 2 is 1.94 bits per heavy atom. The van der Waals surface area contributed by atoms with Crippen LogP contribution < -0.4 is 4.74 Å². The first kappa shape index (κ1) is 22.0. The summed E-state index contributed by atoms with van der Waals surface area (Å²) in [5, 5.41) is 0.782. The van der Waals surface area contributed by atoms with Crippen LogP contribution in [-0.2, 0) is 16.1 Å². The van der Waals surface area contributed by atoms with Crippen molar-refractivity contribution >= 4 is 22.6 Å². The van der Waals surface area contributed by atoms with Gasteiger partial charge in [0.15, 0.2) is 0 Å². The maximum absolute atomic E-state index is 14.6. The fourth-order valence-electron chi connectivity index (χ4n) is 3.28. The lowest BCUT2D eigenvalue weighted by Gasteiger charge is -2.13. The number of methoxy groups -OCH3 is 2. The molecule has 0 unspecified atom stereocenters. The van der Waals surface area contributed by atoms with Crippen LogP contribution in [0.15, 0.2) is 71.9 Å². The first-order valence-corrected chi connectivity index (χ1v) is 9.48. The zero-order valence-corrected chi connectivity index (χ0v) is 17.5. The number of esters is 1. The molecule has 0 N–H and O–H groups in total. The molecule has 0 saturated carbocycles. The van der Waals surface area contributed by atoms with Gasteiger partial charge in [-0.05, 0) is 55.5 Å². The van der Waals surface area contributed by atoms with Crippen LogP contribution in [0.1, 0.15) is 6.92 Å². The lowest BCUT2D eigenvalue weighted by atomic mass is 10.1. The van der Waals surface area contributed by atoms with E-state index in [-0.39, 0.29) is 17.8 Å². The quantitative estimate of drug-likeness (QED) is 0.294. The van der Waals surface area contributed by atoms with Gasteiger partial charge in [-0.2, -0.15) is 0 Å². The molecule has 1 aromatic heterocycles. The van der Waals surface area contributed by atoms with Crippen LogP contribution >= 0.6 is 0 Å². The number of allylic oxidation sites excluding steroid dienone is 2. The second-order valence-corrected chi connectivity index (χ2v) is 6.71. The number of aromatic nitrogens is 1. The Labute approximate surface area is 178 Å². The summed E-state index contributed by atoms with van der Waals surface area (Å²) in [6, 6.07) is 10.5. The van der Waals surface area contributed by atoms with Crippen molar-refractivity contribution in [1.29, 1.82) is 0 Å². The Hall–Kier alpha value is -3.74. The predicted octanol–water partition coefficient (Wildman–Crippen LogP) is 5.30. The number of ether oxygens (including phenoxy) is 2. The number of carbonyl (C=O) groups is 1. The van der Waals surface area contributed by atoms with E-state index >= 15 is 0 Å². The molecule has 2 aromatic carbocycles. The summed E-state index contributed by atoms with van der Waals surface area (Å²) in [6.45, 7) is 5.63. The molecule has 0 atom stereocenters. The summed E-state index contributed by atoms with van der Waals surface area (Å²) < 4.78 is 40.3. The molecule has 0 aliphatic carbocycles. The molecule has 0 saturated heterocycles. The van der Waals surface area contributed by atoms with Crippen molar-refractivity contribution in [2.24, 2.45) is 4.99 Å². The molecule has 1 heterocycles. The number of nitrogens with zero attached hydrogens (tertiary/aromatic N) is 2. The van der Waals surface area contributed by atoms with Gasteiger partial charge in [0.05, 0.1) is 32.2 Å².